The van der Waals surface area contributed by atoms with E-state index in [4.69, 9.17) is 0 Å². The maximum atomic E-state index is 13.3. The monoisotopic (exact) mass is 484 g/mol. The van der Waals surface area contributed by atoms with E-state index in [1.165, 1.54) is 4.90 Å². The van der Waals surface area contributed by atoms with Crippen molar-refractivity contribution in [1.82, 2.24) is 20.5 Å². The first-order valence-electron chi connectivity index (χ1n) is 11.2. The number of benzene rings is 1. The molecule has 3 amide bonds. The van der Waals surface area contributed by atoms with Crippen molar-refractivity contribution >= 4 is 29.1 Å². The van der Waals surface area contributed by atoms with E-state index < -0.39 is 35.4 Å². The number of hydrogen-bond acceptors (Lipinski definition) is 6. The van der Waals surface area contributed by atoms with Crippen LogP contribution in [0.15, 0.2) is 42.4 Å². The Morgan fingerprint density at radius 1 is 1.29 bits per heavy atom. The van der Waals surface area contributed by atoms with Gasteiger partial charge in [-0.2, -0.15) is 0 Å². The summed E-state index contributed by atoms with van der Waals surface area (Å²) in [5.74, 6) is -1.20. The van der Waals surface area contributed by atoms with Crippen molar-refractivity contribution in [3.05, 3.63) is 53.7 Å². The standard InChI is InChI=1S/C25H32N4O4S/c1-6-20(31)28-22(25(3,4)5)24(33)29-13-18(30)11-19(29)23(32)26-12-16-7-9-17(10-8-16)21-15(2)27-14-34-21/h6-10,14,18-19,22,30H,1,11-13H2,2-5H3,(H,26,32)(H,28,31)/t18-,19+,22-/m1/s1. The third-order valence-corrected chi connectivity index (χ3v) is 6.86. The van der Waals surface area contributed by atoms with E-state index in [1.807, 2.05) is 57.5 Å². The lowest BCUT2D eigenvalue weighted by molar-refractivity contribution is -0.143. The second-order valence-electron chi connectivity index (χ2n) is 9.59. The zero-order valence-corrected chi connectivity index (χ0v) is 20.8. The molecule has 1 saturated heterocycles. The molecule has 3 rings (SSSR count). The second kappa shape index (κ2) is 10.5. The van der Waals surface area contributed by atoms with Gasteiger partial charge in [-0.1, -0.05) is 51.6 Å². The molecule has 3 atom stereocenters. The molecule has 2 heterocycles. The number of likely N-dealkylation sites (tertiary alicyclic amines) is 1. The van der Waals surface area contributed by atoms with Gasteiger partial charge in [0.25, 0.3) is 0 Å². The quantitative estimate of drug-likeness (QED) is 0.523. The van der Waals surface area contributed by atoms with Crippen LogP contribution in [-0.2, 0) is 20.9 Å². The van der Waals surface area contributed by atoms with E-state index in [-0.39, 0.29) is 18.9 Å². The third-order valence-electron chi connectivity index (χ3n) is 5.88. The van der Waals surface area contributed by atoms with Crippen LogP contribution in [0.3, 0.4) is 0 Å². The number of amides is 3. The van der Waals surface area contributed by atoms with Crippen LogP contribution in [0.25, 0.3) is 10.4 Å². The van der Waals surface area contributed by atoms with E-state index in [1.54, 1.807) is 11.3 Å². The lowest BCUT2D eigenvalue weighted by atomic mass is 9.85. The van der Waals surface area contributed by atoms with Crippen LogP contribution < -0.4 is 10.6 Å². The SMILES string of the molecule is C=CC(=O)N[C@H](C(=O)N1C[C@H](O)C[C@H]1C(=O)NCc1ccc(-c2scnc2C)cc1)C(C)(C)C. The maximum absolute atomic E-state index is 13.3. The van der Waals surface area contributed by atoms with Crippen LogP contribution in [-0.4, -0.2) is 57.4 Å². The molecule has 2 aromatic rings. The summed E-state index contributed by atoms with van der Waals surface area (Å²) in [4.78, 5) is 45.0. The Labute approximate surface area is 204 Å². The molecule has 9 heteroatoms. The lowest BCUT2D eigenvalue weighted by Crippen LogP contribution is -2.57. The van der Waals surface area contributed by atoms with Gasteiger partial charge in [-0.25, -0.2) is 4.98 Å². The molecule has 34 heavy (non-hydrogen) atoms. The number of aromatic nitrogens is 1. The van der Waals surface area contributed by atoms with Crippen molar-refractivity contribution < 1.29 is 19.5 Å². The van der Waals surface area contributed by atoms with Crippen LogP contribution in [0.2, 0.25) is 0 Å². The minimum Gasteiger partial charge on any atom is -0.391 e. The number of aryl methyl sites for hydroxylation is 1. The molecule has 0 bridgehead atoms. The van der Waals surface area contributed by atoms with Gasteiger partial charge in [-0.3, -0.25) is 14.4 Å². The maximum Gasteiger partial charge on any atom is 0.246 e. The number of carbonyl (C=O) groups excluding carboxylic acids is 3. The zero-order valence-electron chi connectivity index (χ0n) is 20.0. The molecular formula is C25H32N4O4S. The fourth-order valence-electron chi connectivity index (χ4n) is 3.98. The molecular weight excluding hydrogens is 452 g/mol. The lowest BCUT2D eigenvalue weighted by Gasteiger charge is -2.35. The van der Waals surface area contributed by atoms with Gasteiger partial charge in [0.05, 0.1) is 22.2 Å². The highest BCUT2D eigenvalue weighted by atomic mass is 32.1. The minimum atomic E-state index is -0.860. The highest BCUT2D eigenvalue weighted by molar-refractivity contribution is 7.13. The number of nitrogens with zero attached hydrogens (tertiary/aromatic N) is 2. The number of thiazole rings is 1. The number of aliphatic hydroxyl groups excluding tert-OH is 1. The Balaban J connectivity index is 1.68. The molecule has 0 radical (unpaired) electrons. The van der Waals surface area contributed by atoms with E-state index in [9.17, 15) is 19.5 Å². The predicted octanol–water partition coefficient (Wildman–Crippen LogP) is 2.41. The van der Waals surface area contributed by atoms with Crippen molar-refractivity contribution in [1.29, 1.82) is 0 Å². The van der Waals surface area contributed by atoms with Gasteiger partial charge in [0.1, 0.15) is 12.1 Å². The average molecular weight is 485 g/mol. The van der Waals surface area contributed by atoms with Crippen molar-refractivity contribution in [2.45, 2.75) is 58.8 Å². The Kier molecular flexibility index (Phi) is 7.89. The van der Waals surface area contributed by atoms with Gasteiger partial charge in [-0.05, 0) is 29.5 Å². The summed E-state index contributed by atoms with van der Waals surface area (Å²) in [6, 6.07) is 6.21. The molecule has 0 unspecified atom stereocenters. The number of carbonyl (C=O) groups is 3. The van der Waals surface area contributed by atoms with Crippen LogP contribution >= 0.6 is 11.3 Å². The fraction of sp³-hybridized carbons (Fsp3) is 0.440. The molecule has 1 aromatic heterocycles. The largest absolute Gasteiger partial charge is 0.391 e. The van der Waals surface area contributed by atoms with Gasteiger partial charge >= 0.3 is 0 Å². The first-order valence-corrected chi connectivity index (χ1v) is 12.1. The molecule has 8 nitrogen and oxygen atoms in total. The molecule has 0 aliphatic carbocycles. The van der Waals surface area contributed by atoms with Gasteiger partial charge in [0.2, 0.25) is 17.7 Å². The number of rotatable bonds is 7. The molecule has 1 fully saturated rings. The van der Waals surface area contributed by atoms with Crippen molar-refractivity contribution in [2.24, 2.45) is 5.41 Å². The molecule has 3 N–H and O–H groups in total. The molecule has 182 valence electrons. The van der Waals surface area contributed by atoms with Crippen molar-refractivity contribution in [2.75, 3.05) is 6.54 Å². The Morgan fingerprint density at radius 2 is 1.97 bits per heavy atom. The van der Waals surface area contributed by atoms with Crippen LogP contribution in [0.5, 0.6) is 0 Å². The van der Waals surface area contributed by atoms with E-state index in [0.29, 0.717) is 6.54 Å². The summed E-state index contributed by atoms with van der Waals surface area (Å²) in [5, 5.41) is 15.8. The summed E-state index contributed by atoms with van der Waals surface area (Å²) in [5.41, 5.74) is 4.19. The van der Waals surface area contributed by atoms with Crippen LogP contribution in [0.4, 0.5) is 0 Å². The highest BCUT2D eigenvalue weighted by Crippen LogP contribution is 2.28. The average Bonchev–Trinajstić information content (AvgIpc) is 3.40. The second-order valence-corrected chi connectivity index (χ2v) is 10.4. The van der Waals surface area contributed by atoms with Gasteiger partial charge < -0.3 is 20.6 Å². The van der Waals surface area contributed by atoms with Crippen LogP contribution in [0, 0.1) is 12.3 Å². The minimum absolute atomic E-state index is 0.0381. The van der Waals surface area contributed by atoms with E-state index >= 15 is 0 Å². The normalized spacial score (nSPS) is 18.9. The molecule has 1 aromatic carbocycles. The number of nitrogens with one attached hydrogen (secondary N) is 2. The summed E-state index contributed by atoms with van der Waals surface area (Å²) < 4.78 is 0. The van der Waals surface area contributed by atoms with E-state index in [0.717, 1.165) is 27.8 Å². The summed E-state index contributed by atoms with van der Waals surface area (Å²) in [6.07, 6.45) is 0.446. The van der Waals surface area contributed by atoms with Crippen molar-refractivity contribution in [3.63, 3.8) is 0 Å². The van der Waals surface area contributed by atoms with Gasteiger partial charge in [0.15, 0.2) is 0 Å². The first kappa shape index (κ1) is 25.6. The number of aliphatic hydroxyl groups is 1. The summed E-state index contributed by atoms with van der Waals surface area (Å²) in [6.45, 7) is 11.2. The predicted molar refractivity (Wildman–Crippen MR) is 132 cm³/mol. The number of hydrogen-bond donors (Lipinski definition) is 3. The molecule has 0 spiro atoms. The fourth-order valence-corrected chi connectivity index (χ4v) is 4.79. The molecule has 1 aliphatic rings. The molecule has 1 aliphatic heterocycles. The van der Waals surface area contributed by atoms with Crippen LogP contribution in [0.1, 0.15) is 38.4 Å². The smallest absolute Gasteiger partial charge is 0.246 e. The summed E-state index contributed by atoms with van der Waals surface area (Å²) >= 11 is 1.58. The van der Waals surface area contributed by atoms with Gasteiger partial charge in [-0.15, -0.1) is 11.3 Å². The Hall–Kier alpha value is -3.04. The molecule has 0 saturated carbocycles. The third kappa shape index (κ3) is 5.90. The first-order chi connectivity index (χ1) is 16.0. The Morgan fingerprint density at radius 3 is 2.53 bits per heavy atom. The summed E-state index contributed by atoms with van der Waals surface area (Å²) in [7, 11) is 0. The van der Waals surface area contributed by atoms with E-state index in [2.05, 4.69) is 22.2 Å². The van der Waals surface area contributed by atoms with Gasteiger partial charge in [0, 0.05) is 19.5 Å². The highest BCUT2D eigenvalue weighted by Gasteiger charge is 2.44. The topological polar surface area (TPSA) is 112 Å². The number of β-amino-alcohol motifs (C(OH)–C–C–N with tert-alkyl or cyclic N) is 1. The van der Waals surface area contributed by atoms with Crippen molar-refractivity contribution in [3.8, 4) is 10.4 Å². The zero-order chi connectivity index (χ0) is 25.0. The Bertz CT molecular complexity index is 1060.